The molecule has 0 bridgehead atoms. The van der Waals surface area contributed by atoms with E-state index >= 15 is 0 Å². The van der Waals surface area contributed by atoms with Crippen LogP contribution in [0.5, 0.6) is 5.75 Å². The normalized spacial score (nSPS) is 14.4. The van der Waals surface area contributed by atoms with Gasteiger partial charge in [-0.15, -0.1) is 0 Å². The predicted molar refractivity (Wildman–Crippen MR) is 112 cm³/mol. The number of esters is 1. The van der Waals surface area contributed by atoms with Gasteiger partial charge in [-0.3, -0.25) is 9.59 Å². The second-order valence-electron chi connectivity index (χ2n) is 7.38. The van der Waals surface area contributed by atoms with Gasteiger partial charge in [-0.05, 0) is 44.7 Å². The largest absolute Gasteiger partial charge is 0.504 e. The molecule has 1 fully saturated rings. The van der Waals surface area contributed by atoms with E-state index in [0.717, 1.165) is 25.9 Å². The minimum atomic E-state index is -0.619. The summed E-state index contributed by atoms with van der Waals surface area (Å²) in [6.45, 7) is 5.20. The first-order valence-electron chi connectivity index (χ1n) is 10.3. The van der Waals surface area contributed by atoms with Crippen molar-refractivity contribution in [2.45, 2.75) is 33.1 Å². The Kier molecular flexibility index (Phi) is 7.21. The Morgan fingerprint density at radius 1 is 1.20 bits per heavy atom. The van der Waals surface area contributed by atoms with Crippen LogP contribution in [-0.4, -0.2) is 53.2 Å². The number of nitrogens with zero attached hydrogens (tertiary/aromatic N) is 3. The van der Waals surface area contributed by atoms with Gasteiger partial charge in [0.2, 0.25) is 0 Å². The molecular weight excluding hydrogens is 384 g/mol. The fraction of sp³-hybridized carbons (Fsp3) is 0.455. The van der Waals surface area contributed by atoms with Crippen LogP contribution >= 0.6 is 0 Å². The molecule has 0 unspecified atom stereocenters. The molecule has 30 heavy (non-hydrogen) atoms. The number of hydrogen-bond acceptors (Lipinski definition) is 7. The van der Waals surface area contributed by atoms with E-state index in [1.54, 1.807) is 13.8 Å². The molecule has 1 saturated heterocycles. The molecule has 1 aliphatic rings. The van der Waals surface area contributed by atoms with E-state index < -0.39 is 11.9 Å². The molecule has 1 aliphatic heterocycles. The zero-order chi connectivity index (χ0) is 21.5. The maximum atomic E-state index is 12.4. The van der Waals surface area contributed by atoms with Gasteiger partial charge in [-0.25, -0.2) is 9.97 Å². The molecule has 2 N–H and O–H groups in total. The van der Waals surface area contributed by atoms with Crippen molar-refractivity contribution >= 4 is 17.6 Å². The van der Waals surface area contributed by atoms with E-state index in [1.807, 2.05) is 18.2 Å². The Labute approximate surface area is 176 Å². The second-order valence-corrected chi connectivity index (χ2v) is 7.38. The summed E-state index contributed by atoms with van der Waals surface area (Å²) < 4.78 is 4.79. The number of anilines is 1. The third-order valence-electron chi connectivity index (χ3n) is 5.23. The minimum Gasteiger partial charge on any atom is -0.504 e. The number of aromatic nitrogens is 2. The highest BCUT2D eigenvalue weighted by molar-refractivity contribution is 5.96. The molecule has 1 aromatic heterocycles. The van der Waals surface area contributed by atoms with E-state index in [2.05, 4.69) is 32.3 Å². The van der Waals surface area contributed by atoms with E-state index in [-0.39, 0.29) is 24.6 Å². The number of aryl methyl sites for hydroxylation is 1. The Bertz CT molecular complexity index is 880. The van der Waals surface area contributed by atoms with Crippen LogP contribution in [0.2, 0.25) is 0 Å². The van der Waals surface area contributed by atoms with E-state index in [4.69, 9.17) is 4.74 Å². The monoisotopic (exact) mass is 412 g/mol. The van der Waals surface area contributed by atoms with Crippen molar-refractivity contribution in [1.29, 1.82) is 0 Å². The van der Waals surface area contributed by atoms with Gasteiger partial charge in [0.05, 0.1) is 12.3 Å². The molecule has 8 heteroatoms. The number of aromatic hydroxyl groups is 1. The lowest BCUT2D eigenvalue weighted by molar-refractivity contribution is -0.141. The van der Waals surface area contributed by atoms with Crippen molar-refractivity contribution in [2.75, 3.05) is 31.1 Å². The third kappa shape index (κ3) is 5.46. The Hall–Kier alpha value is -3.16. The summed E-state index contributed by atoms with van der Waals surface area (Å²) in [5.74, 6) is -0.485. The van der Waals surface area contributed by atoms with Crippen LogP contribution in [0.15, 0.2) is 30.3 Å². The number of carbonyl (C=O) groups excluding carboxylic acids is 2. The summed E-state index contributed by atoms with van der Waals surface area (Å²) in [4.78, 5) is 34.9. The van der Waals surface area contributed by atoms with Crippen LogP contribution in [0.3, 0.4) is 0 Å². The van der Waals surface area contributed by atoms with Gasteiger partial charge in [-0.2, -0.15) is 0 Å². The topological polar surface area (TPSA) is 105 Å². The first kappa shape index (κ1) is 21.5. The van der Waals surface area contributed by atoms with Crippen molar-refractivity contribution in [2.24, 2.45) is 5.92 Å². The standard InChI is InChI=1S/C22H28N4O4/c1-3-30-19(27)14-23-22(29)20-21(28)15(2)24-18(25-20)13-16-9-11-26(12-10-16)17-7-5-4-6-8-17/h4-8,16,28H,3,9-14H2,1-2H3,(H,23,29). The first-order chi connectivity index (χ1) is 14.5. The maximum absolute atomic E-state index is 12.4. The fourth-order valence-electron chi connectivity index (χ4n) is 3.61. The van der Waals surface area contributed by atoms with Gasteiger partial charge in [0.1, 0.15) is 12.4 Å². The average molecular weight is 412 g/mol. The second kappa shape index (κ2) is 10.0. The van der Waals surface area contributed by atoms with Crippen molar-refractivity contribution in [3.05, 3.63) is 47.5 Å². The van der Waals surface area contributed by atoms with E-state index in [1.165, 1.54) is 5.69 Å². The highest BCUT2D eigenvalue weighted by Crippen LogP contribution is 2.26. The highest BCUT2D eigenvalue weighted by Gasteiger charge is 2.23. The van der Waals surface area contributed by atoms with Crippen LogP contribution < -0.4 is 10.2 Å². The van der Waals surface area contributed by atoms with E-state index in [9.17, 15) is 14.7 Å². The number of carbonyl (C=O) groups is 2. The molecule has 0 aliphatic carbocycles. The number of para-hydroxylation sites is 1. The van der Waals surface area contributed by atoms with Gasteiger partial charge in [-0.1, -0.05) is 18.2 Å². The number of nitrogens with one attached hydrogen (secondary N) is 1. The van der Waals surface area contributed by atoms with Gasteiger partial charge >= 0.3 is 5.97 Å². The van der Waals surface area contributed by atoms with Crippen molar-refractivity contribution in [3.8, 4) is 5.75 Å². The predicted octanol–water partition coefficient (Wildman–Crippen LogP) is 2.24. The summed E-state index contributed by atoms with van der Waals surface area (Å²) in [5, 5.41) is 12.7. The van der Waals surface area contributed by atoms with E-state index in [0.29, 0.717) is 23.9 Å². The molecular formula is C22H28N4O4. The quantitative estimate of drug-likeness (QED) is 0.672. The third-order valence-corrected chi connectivity index (χ3v) is 5.23. The van der Waals surface area contributed by atoms with Crippen LogP contribution in [0, 0.1) is 12.8 Å². The zero-order valence-corrected chi connectivity index (χ0v) is 17.4. The maximum Gasteiger partial charge on any atom is 0.325 e. The lowest BCUT2D eigenvalue weighted by Crippen LogP contribution is -2.34. The summed E-state index contributed by atoms with van der Waals surface area (Å²) in [5.41, 5.74) is 1.47. The van der Waals surface area contributed by atoms with Crippen molar-refractivity contribution in [3.63, 3.8) is 0 Å². The molecule has 8 nitrogen and oxygen atoms in total. The van der Waals surface area contributed by atoms with Crippen LogP contribution in [-0.2, 0) is 16.0 Å². The number of benzene rings is 1. The molecule has 0 saturated carbocycles. The molecule has 0 atom stereocenters. The number of piperidine rings is 1. The Morgan fingerprint density at radius 3 is 2.57 bits per heavy atom. The highest BCUT2D eigenvalue weighted by atomic mass is 16.5. The fourth-order valence-corrected chi connectivity index (χ4v) is 3.61. The molecule has 1 amide bonds. The molecule has 2 heterocycles. The molecule has 0 spiro atoms. The van der Waals surface area contributed by atoms with Crippen LogP contribution in [0.25, 0.3) is 0 Å². The van der Waals surface area contributed by atoms with Gasteiger partial charge < -0.3 is 20.1 Å². The number of ether oxygens (including phenoxy) is 1. The lowest BCUT2D eigenvalue weighted by Gasteiger charge is -2.33. The summed E-state index contributed by atoms with van der Waals surface area (Å²) >= 11 is 0. The lowest BCUT2D eigenvalue weighted by atomic mass is 9.93. The first-order valence-corrected chi connectivity index (χ1v) is 10.3. The van der Waals surface area contributed by atoms with Crippen LogP contribution in [0.4, 0.5) is 5.69 Å². The van der Waals surface area contributed by atoms with Crippen LogP contribution in [0.1, 0.15) is 41.8 Å². The summed E-state index contributed by atoms with van der Waals surface area (Å²) in [6, 6.07) is 10.3. The summed E-state index contributed by atoms with van der Waals surface area (Å²) in [6.07, 6.45) is 2.65. The Morgan fingerprint density at radius 2 is 1.90 bits per heavy atom. The zero-order valence-electron chi connectivity index (χ0n) is 17.4. The number of amides is 1. The average Bonchev–Trinajstić information content (AvgIpc) is 2.76. The Balaban J connectivity index is 1.61. The SMILES string of the molecule is CCOC(=O)CNC(=O)c1nc(CC2CCN(c3ccccc3)CC2)nc(C)c1O. The summed E-state index contributed by atoms with van der Waals surface area (Å²) in [7, 11) is 0. The van der Waals surface area contributed by atoms with Gasteiger partial charge in [0, 0.05) is 25.2 Å². The molecule has 0 radical (unpaired) electrons. The van der Waals surface area contributed by atoms with Gasteiger partial charge in [0.25, 0.3) is 5.91 Å². The molecule has 1 aromatic carbocycles. The van der Waals surface area contributed by atoms with Crippen molar-refractivity contribution in [1.82, 2.24) is 15.3 Å². The molecule has 160 valence electrons. The van der Waals surface area contributed by atoms with Gasteiger partial charge in [0.15, 0.2) is 11.4 Å². The smallest absolute Gasteiger partial charge is 0.325 e. The molecule has 2 aromatic rings. The van der Waals surface area contributed by atoms with Crippen molar-refractivity contribution < 1.29 is 19.4 Å². The molecule has 3 rings (SSSR count). The number of hydrogen-bond donors (Lipinski definition) is 2. The number of rotatable bonds is 7. The minimum absolute atomic E-state index is 0.108.